The Morgan fingerprint density at radius 3 is 2.91 bits per heavy atom. The number of nitrogens with one attached hydrogen (secondary N) is 1. The van der Waals surface area contributed by atoms with Crippen LogP contribution in [0, 0.1) is 28.6 Å². The Kier molecular flexibility index (Phi) is 7.19. The first-order valence-corrected chi connectivity index (χ1v) is 16.9. The lowest BCUT2D eigenvalue weighted by molar-refractivity contribution is -0.197. The fourth-order valence-electron chi connectivity index (χ4n) is 9.54. The van der Waals surface area contributed by atoms with Crippen molar-refractivity contribution < 1.29 is 28.9 Å². The second-order valence-corrected chi connectivity index (χ2v) is 14.5. The normalized spacial score (nSPS) is 39.7. The zero-order chi connectivity index (χ0) is 30.1. The molecule has 3 saturated carbocycles. The topological polar surface area (TPSA) is 111 Å². The van der Waals surface area contributed by atoms with E-state index in [1.165, 1.54) is 11.8 Å². The number of aromatic amines is 1. The predicted octanol–water partition coefficient (Wildman–Crippen LogP) is 5.79. The number of ether oxygens (including phenoxy) is 3. The average Bonchev–Trinajstić information content (AvgIpc) is 3.61. The molecule has 5 unspecified atom stereocenters. The van der Waals surface area contributed by atoms with Crippen LogP contribution in [-0.4, -0.2) is 63.1 Å². The van der Waals surface area contributed by atoms with Crippen LogP contribution in [0.3, 0.4) is 0 Å². The Hall–Kier alpha value is -2.46. The van der Waals surface area contributed by atoms with Crippen molar-refractivity contribution in [2.24, 2.45) is 28.6 Å². The van der Waals surface area contributed by atoms with Crippen LogP contribution in [0.5, 0.6) is 5.75 Å². The third-order valence-corrected chi connectivity index (χ3v) is 12.2. The summed E-state index contributed by atoms with van der Waals surface area (Å²) in [7, 11) is 0. The Morgan fingerprint density at radius 1 is 1.28 bits per heavy atom. The molecule has 2 heterocycles. The number of rotatable bonds is 8. The van der Waals surface area contributed by atoms with Gasteiger partial charge < -0.3 is 24.3 Å². The number of aromatic nitrogens is 2. The number of carbonyl (C=O) groups is 2. The van der Waals surface area contributed by atoms with Gasteiger partial charge in [0.2, 0.25) is 0 Å². The molecule has 1 aliphatic heterocycles. The Balaban J connectivity index is 1.19. The molecule has 43 heavy (non-hydrogen) atoms. The molecule has 1 saturated heterocycles. The van der Waals surface area contributed by atoms with Gasteiger partial charge >= 0.3 is 0 Å². The molecule has 4 aliphatic carbocycles. The van der Waals surface area contributed by atoms with E-state index >= 15 is 0 Å². The van der Waals surface area contributed by atoms with Gasteiger partial charge in [0.25, 0.3) is 0 Å². The number of hydrogen-bond acceptors (Lipinski definition) is 8. The van der Waals surface area contributed by atoms with Gasteiger partial charge in [-0.1, -0.05) is 50.6 Å². The van der Waals surface area contributed by atoms with E-state index in [1.807, 2.05) is 31.2 Å². The lowest BCUT2D eigenvalue weighted by Gasteiger charge is -2.59. The summed E-state index contributed by atoms with van der Waals surface area (Å²) in [5.41, 5.74) is 0.749. The van der Waals surface area contributed by atoms with Crippen molar-refractivity contribution in [2.45, 2.75) is 95.5 Å². The number of allylic oxidation sites excluding steroid dienone is 4. The largest absolute Gasteiger partial charge is 0.494 e. The Labute approximate surface area is 257 Å². The van der Waals surface area contributed by atoms with Crippen molar-refractivity contribution in [1.29, 1.82) is 0 Å². The molecular formula is C34H42N2O6S. The molecule has 0 amide bonds. The highest BCUT2D eigenvalue weighted by Crippen LogP contribution is 2.69. The minimum atomic E-state index is -1.13. The number of benzene rings is 1. The molecular weight excluding hydrogens is 564 g/mol. The summed E-state index contributed by atoms with van der Waals surface area (Å²) in [4.78, 5) is 34.8. The number of ketones is 2. The maximum absolute atomic E-state index is 14.6. The van der Waals surface area contributed by atoms with E-state index in [1.54, 1.807) is 12.2 Å². The predicted molar refractivity (Wildman–Crippen MR) is 164 cm³/mol. The summed E-state index contributed by atoms with van der Waals surface area (Å²) in [6, 6.07) is 5.76. The van der Waals surface area contributed by atoms with Crippen LogP contribution >= 0.6 is 11.8 Å². The van der Waals surface area contributed by atoms with E-state index in [9.17, 15) is 14.7 Å². The number of nitrogens with zero attached hydrogens (tertiary/aromatic N) is 1. The maximum atomic E-state index is 14.6. The van der Waals surface area contributed by atoms with Crippen LogP contribution in [0.1, 0.15) is 66.2 Å². The van der Waals surface area contributed by atoms with E-state index in [-0.39, 0.29) is 46.6 Å². The van der Waals surface area contributed by atoms with Gasteiger partial charge in [0.05, 0.1) is 35.6 Å². The monoisotopic (exact) mass is 606 g/mol. The number of H-pyrrole nitrogens is 1. The molecule has 230 valence electrons. The highest BCUT2D eigenvalue weighted by molar-refractivity contribution is 7.99. The first-order valence-electron chi connectivity index (χ1n) is 15.9. The van der Waals surface area contributed by atoms with E-state index in [0.29, 0.717) is 18.2 Å². The molecule has 1 aromatic carbocycles. The highest BCUT2D eigenvalue weighted by atomic mass is 32.2. The number of aliphatic hydroxyl groups is 1. The highest BCUT2D eigenvalue weighted by Gasteiger charge is 2.75. The zero-order valence-electron chi connectivity index (χ0n) is 25.4. The fraction of sp³-hybridized carbons (Fsp3) is 0.618. The first-order chi connectivity index (χ1) is 20.6. The van der Waals surface area contributed by atoms with Gasteiger partial charge in [0, 0.05) is 22.8 Å². The van der Waals surface area contributed by atoms with Crippen molar-refractivity contribution >= 4 is 34.4 Å². The summed E-state index contributed by atoms with van der Waals surface area (Å²) >= 11 is 1.39. The van der Waals surface area contributed by atoms with Gasteiger partial charge in [0.15, 0.2) is 28.6 Å². The summed E-state index contributed by atoms with van der Waals surface area (Å²) in [6.07, 6.45) is 8.59. The molecule has 9 atom stereocenters. The van der Waals surface area contributed by atoms with Gasteiger partial charge in [-0.15, -0.1) is 0 Å². The quantitative estimate of drug-likeness (QED) is 0.363. The molecule has 2 aromatic rings. The molecule has 5 aliphatic rings. The number of hydrogen-bond donors (Lipinski definition) is 2. The number of aliphatic hydroxyl groups excluding tert-OH is 1. The van der Waals surface area contributed by atoms with Crippen LogP contribution in [-0.2, 0) is 19.1 Å². The number of carbonyl (C=O) groups excluding carboxylic acids is 2. The molecule has 4 fully saturated rings. The molecule has 0 bridgehead atoms. The van der Waals surface area contributed by atoms with Crippen molar-refractivity contribution in [1.82, 2.24) is 9.97 Å². The van der Waals surface area contributed by atoms with Gasteiger partial charge in [0.1, 0.15) is 5.75 Å². The zero-order valence-corrected chi connectivity index (χ0v) is 26.2. The van der Waals surface area contributed by atoms with Crippen LogP contribution in [0.15, 0.2) is 47.2 Å². The van der Waals surface area contributed by atoms with Gasteiger partial charge in [-0.05, 0) is 75.1 Å². The van der Waals surface area contributed by atoms with E-state index in [4.69, 9.17) is 19.2 Å². The van der Waals surface area contributed by atoms with Crippen molar-refractivity contribution in [3.05, 3.63) is 42.0 Å². The second-order valence-electron chi connectivity index (χ2n) is 13.5. The van der Waals surface area contributed by atoms with E-state index in [0.717, 1.165) is 54.5 Å². The minimum absolute atomic E-state index is 0.0120. The van der Waals surface area contributed by atoms with Crippen LogP contribution in [0.2, 0.25) is 0 Å². The van der Waals surface area contributed by atoms with Crippen molar-refractivity contribution in [2.75, 3.05) is 12.4 Å². The van der Waals surface area contributed by atoms with Gasteiger partial charge in [-0.2, -0.15) is 0 Å². The average molecular weight is 607 g/mol. The minimum Gasteiger partial charge on any atom is -0.494 e. The Bertz CT molecular complexity index is 1520. The lowest BCUT2D eigenvalue weighted by Crippen LogP contribution is -2.63. The summed E-state index contributed by atoms with van der Waals surface area (Å²) in [5, 5.41) is 12.6. The summed E-state index contributed by atoms with van der Waals surface area (Å²) < 4.78 is 19.0. The Morgan fingerprint density at radius 2 is 2.12 bits per heavy atom. The molecule has 0 radical (unpaired) electrons. The number of Topliss-reactive ketones (excluding diaryl/α,β-unsaturated/α-hetero) is 1. The first kappa shape index (κ1) is 29.3. The molecule has 9 heteroatoms. The van der Waals surface area contributed by atoms with Gasteiger partial charge in [-0.25, -0.2) is 4.98 Å². The lowest BCUT2D eigenvalue weighted by atomic mass is 9.46. The molecule has 7 rings (SSSR count). The SMILES string of the molecule is CCC[C@@H]1O[C@@H]2CC3C4CCC5=CC(=O)C=CC5(C)C4[C@@H](O)CC3(C)[C@@]2(C(=O)CSc2nc3ccc(OCC)cc3[nH]2)O1. The van der Waals surface area contributed by atoms with Gasteiger partial charge in [-0.3, -0.25) is 9.59 Å². The second kappa shape index (κ2) is 10.6. The molecule has 0 spiro atoms. The fourth-order valence-corrected chi connectivity index (χ4v) is 10.4. The third kappa shape index (κ3) is 4.32. The number of fused-ring (bicyclic) bond motifs is 8. The number of imidazole rings is 1. The van der Waals surface area contributed by atoms with E-state index in [2.05, 4.69) is 25.8 Å². The van der Waals surface area contributed by atoms with E-state index < -0.39 is 23.4 Å². The standard InChI is InChI=1S/C34H42N2O6S/c1-5-7-29-41-28-16-23-22-10-8-19-14-20(37)12-13-32(19,3)30(22)26(38)17-33(23,4)34(28,42-29)27(39)18-43-31-35-24-11-9-21(40-6-2)15-25(24)36-31/h9,11-15,22-23,26,28-30,38H,5-8,10,16-18H2,1-4H3,(H,35,36)/t22?,23?,26-,28+,29+,30?,32?,33?,34-/m0/s1. The van der Waals surface area contributed by atoms with Crippen molar-refractivity contribution in [3.8, 4) is 5.75 Å². The third-order valence-electron chi connectivity index (χ3n) is 11.3. The van der Waals surface area contributed by atoms with Crippen molar-refractivity contribution in [3.63, 3.8) is 0 Å². The van der Waals surface area contributed by atoms with Crippen LogP contribution < -0.4 is 4.74 Å². The maximum Gasteiger partial charge on any atom is 0.178 e. The summed E-state index contributed by atoms with van der Waals surface area (Å²) in [6.45, 7) is 8.98. The summed E-state index contributed by atoms with van der Waals surface area (Å²) in [5.74, 6) is 1.36. The molecule has 1 aromatic heterocycles. The number of thioether (sulfide) groups is 1. The smallest absolute Gasteiger partial charge is 0.178 e. The van der Waals surface area contributed by atoms with Crippen LogP contribution in [0.25, 0.3) is 11.0 Å². The van der Waals surface area contributed by atoms with Crippen LogP contribution in [0.4, 0.5) is 0 Å². The molecule has 8 nitrogen and oxygen atoms in total. The molecule has 2 N–H and O–H groups in total.